The summed E-state index contributed by atoms with van der Waals surface area (Å²) in [4.78, 5) is 1.72. The zero-order valence-corrected chi connectivity index (χ0v) is 12.2. The van der Waals surface area contributed by atoms with E-state index in [9.17, 15) is 0 Å². The number of nitrogens with two attached hydrogens (primary N) is 2. The molecule has 0 bridgehead atoms. The number of thiophene rings is 1. The van der Waals surface area contributed by atoms with Crippen molar-refractivity contribution in [3.05, 3.63) is 33.0 Å². The molecule has 0 fully saturated rings. The maximum absolute atomic E-state index is 8.89. The Kier molecular flexibility index (Phi) is 5.74. The van der Waals surface area contributed by atoms with Gasteiger partial charge in [-0.05, 0) is 24.3 Å². The topological polar surface area (TPSA) is 99.6 Å². The SMILES string of the molecule is N#C/C(=C\c1ccc(/C=C(\C#N)C(N)S)s1)C(N)=S. The van der Waals surface area contributed by atoms with Crippen molar-refractivity contribution in [3.63, 3.8) is 0 Å². The standard InChI is InChI=1S/C12H10N4S3/c13-5-7(11(15)17)3-9-1-2-10(19-9)4-8(6-14)12(16)18/h1-4,11,17H,15H2,(H2,16,18)/b7-3+,8-4+. The molecule has 1 heterocycles. The van der Waals surface area contributed by atoms with Gasteiger partial charge in [0.15, 0.2) is 0 Å². The summed E-state index contributed by atoms with van der Waals surface area (Å²) < 4.78 is 0. The van der Waals surface area contributed by atoms with Gasteiger partial charge in [0.1, 0.15) is 11.1 Å². The Balaban J connectivity index is 3.06. The molecule has 4 nitrogen and oxygen atoms in total. The quantitative estimate of drug-likeness (QED) is 0.260. The van der Waals surface area contributed by atoms with E-state index in [0.717, 1.165) is 9.75 Å². The molecule has 7 heteroatoms. The summed E-state index contributed by atoms with van der Waals surface area (Å²) in [7, 11) is 0. The van der Waals surface area contributed by atoms with E-state index in [1.807, 2.05) is 24.3 Å². The van der Waals surface area contributed by atoms with Crippen LogP contribution in [0.2, 0.25) is 0 Å². The van der Waals surface area contributed by atoms with Gasteiger partial charge in [-0.15, -0.1) is 11.3 Å². The summed E-state index contributed by atoms with van der Waals surface area (Å²) in [5.74, 6) is 0. The minimum atomic E-state index is -0.614. The fraction of sp³-hybridized carbons (Fsp3) is 0.0833. The van der Waals surface area contributed by atoms with E-state index in [1.54, 1.807) is 12.2 Å². The smallest absolute Gasteiger partial charge is 0.114 e. The third-order valence-electron chi connectivity index (χ3n) is 2.07. The van der Waals surface area contributed by atoms with Gasteiger partial charge < -0.3 is 11.5 Å². The fourth-order valence-electron chi connectivity index (χ4n) is 1.16. The van der Waals surface area contributed by atoms with Gasteiger partial charge in [0, 0.05) is 9.75 Å². The lowest BCUT2D eigenvalue weighted by molar-refractivity contribution is 1.13. The van der Waals surface area contributed by atoms with E-state index in [1.165, 1.54) is 11.3 Å². The van der Waals surface area contributed by atoms with Gasteiger partial charge in [-0.25, -0.2) is 0 Å². The summed E-state index contributed by atoms with van der Waals surface area (Å²) >= 11 is 10.2. The van der Waals surface area contributed by atoms with E-state index < -0.39 is 5.37 Å². The van der Waals surface area contributed by atoms with Crippen LogP contribution >= 0.6 is 36.2 Å². The normalized spacial score (nSPS) is 13.5. The summed E-state index contributed by atoms with van der Waals surface area (Å²) in [6, 6.07) is 7.55. The minimum Gasteiger partial charge on any atom is -0.389 e. The molecule has 4 N–H and O–H groups in total. The van der Waals surface area contributed by atoms with E-state index in [0.29, 0.717) is 5.57 Å². The van der Waals surface area contributed by atoms with Crippen LogP contribution in [0.5, 0.6) is 0 Å². The molecule has 1 unspecified atom stereocenters. The lowest BCUT2D eigenvalue weighted by Crippen LogP contribution is -2.13. The second kappa shape index (κ2) is 7.07. The summed E-state index contributed by atoms with van der Waals surface area (Å²) in [5, 5.41) is 17.1. The molecule has 0 aliphatic rings. The molecule has 0 saturated heterocycles. The number of nitrogens with zero attached hydrogens (tertiary/aromatic N) is 2. The van der Waals surface area contributed by atoms with Crippen LogP contribution in [0.3, 0.4) is 0 Å². The maximum Gasteiger partial charge on any atom is 0.114 e. The Hall–Kier alpha value is -1.64. The van der Waals surface area contributed by atoms with Crippen molar-refractivity contribution >= 4 is 53.3 Å². The Bertz CT molecular complexity index is 626. The lowest BCUT2D eigenvalue weighted by atomic mass is 10.2. The van der Waals surface area contributed by atoms with Crippen molar-refractivity contribution < 1.29 is 0 Å². The van der Waals surface area contributed by atoms with Crippen molar-refractivity contribution in [2.45, 2.75) is 5.37 Å². The van der Waals surface area contributed by atoms with Crippen molar-refractivity contribution in [2.75, 3.05) is 0 Å². The zero-order valence-electron chi connectivity index (χ0n) is 9.70. The predicted octanol–water partition coefficient (Wildman–Crippen LogP) is 2.06. The Morgan fingerprint density at radius 1 is 1.32 bits per heavy atom. The first-order chi connectivity index (χ1) is 8.97. The second-order valence-electron chi connectivity index (χ2n) is 3.43. The average molecular weight is 306 g/mol. The predicted molar refractivity (Wildman–Crippen MR) is 85.2 cm³/mol. The van der Waals surface area contributed by atoms with Gasteiger partial charge in [-0.3, -0.25) is 0 Å². The van der Waals surface area contributed by atoms with Crippen molar-refractivity contribution in [1.29, 1.82) is 10.5 Å². The molecular formula is C12H10N4S3. The van der Waals surface area contributed by atoms with Gasteiger partial charge in [0.05, 0.1) is 22.6 Å². The first-order valence-corrected chi connectivity index (χ1v) is 6.78. The average Bonchev–Trinajstić information content (AvgIpc) is 2.79. The molecule has 1 rings (SSSR count). The van der Waals surface area contributed by atoms with Gasteiger partial charge in [-0.2, -0.15) is 23.2 Å². The molecule has 96 valence electrons. The van der Waals surface area contributed by atoms with Crippen LogP contribution in [0.25, 0.3) is 12.2 Å². The molecule has 1 atom stereocenters. The molecule has 0 aliphatic carbocycles. The van der Waals surface area contributed by atoms with E-state index in [-0.39, 0.29) is 10.6 Å². The molecule has 19 heavy (non-hydrogen) atoms. The first-order valence-electron chi connectivity index (χ1n) is 5.04. The highest BCUT2D eigenvalue weighted by Crippen LogP contribution is 2.22. The maximum atomic E-state index is 8.89. The van der Waals surface area contributed by atoms with Gasteiger partial charge in [0.2, 0.25) is 0 Å². The molecule has 0 aromatic carbocycles. The van der Waals surface area contributed by atoms with E-state index in [2.05, 4.69) is 12.6 Å². The number of thiocarbonyl (C=S) groups is 1. The Labute approximate surface area is 126 Å². The molecular weight excluding hydrogens is 296 g/mol. The summed E-state index contributed by atoms with van der Waals surface area (Å²) in [5.41, 5.74) is 11.6. The Morgan fingerprint density at radius 2 is 1.89 bits per heavy atom. The summed E-state index contributed by atoms with van der Waals surface area (Å²) in [6.45, 7) is 0. The van der Waals surface area contributed by atoms with Gasteiger partial charge in [0.25, 0.3) is 0 Å². The van der Waals surface area contributed by atoms with Crippen LogP contribution in [0.1, 0.15) is 9.75 Å². The molecule has 0 spiro atoms. The van der Waals surface area contributed by atoms with Crippen molar-refractivity contribution in [3.8, 4) is 12.1 Å². The molecule has 0 amide bonds. The highest BCUT2D eigenvalue weighted by atomic mass is 32.1. The zero-order chi connectivity index (χ0) is 14.4. The second-order valence-corrected chi connectivity index (χ2v) is 5.57. The fourth-order valence-corrected chi connectivity index (χ4v) is 2.31. The number of nitriles is 2. The van der Waals surface area contributed by atoms with Crippen molar-refractivity contribution in [1.82, 2.24) is 0 Å². The highest BCUT2D eigenvalue weighted by molar-refractivity contribution is 7.81. The van der Waals surface area contributed by atoms with Crippen LogP contribution in [-0.4, -0.2) is 10.4 Å². The largest absolute Gasteiger partial charge is 0.389 e. The molecule has 1 aromatic heterocycles. The molecule has 0 aliphatic heterocycles. The highest BCUT2D eigenvalue weighted by Gasteiger charge is 2.05. The van der Waals surface area contributed by atoms with Crippen LogP contribution in [0.15, 0.2) is 23.3 Å². The number of rotatable bonds is 4. The lowest BCUT2D eigenvalue weighted by Gasteiger charge is -1.99. The first kappa shape index (κ1) is 15.4. The van der Waals surface area contributed by atoms with Gasteiger partial charge in [-0.1, -0.05) is 12.2 Å². The number of hydrogen-bond donors (Lipinski definition) is 3. The van der Waals surface area contributed by atoms with Crippen LogP contribution in [0, 0.1) is 22.7 Å². The number of thiol groups is 1. The van der Waals surface area contributed by atoms with Crippen LogP contribution in [-0.2, 0) is 0 Å². The van der Waals surface area contributed by atoms with Crippen LogP contribution < -0.4 is 11.5 Å². The van der Waals surface area contributed by atoms with Crippen molar-refractivity contribution in [2.24, 2.45) is 11.5 Å². The number of hydrogen-bond acceptors (Lipinski definition) is 6. The minimum absolute atomic E-state index is 0.0584. The third-order valence-corrected chi connectivity index (χ3v) is 3.54. The van der Waals surface area contributed by atoms with E-state index >= 15 is 0 Å². The van der Waals surface area contributed by atoms with E-state index in [4.69, 9.17) is 34.2 Å². The summed E-state index contributed by atoms with van der Waals surface area (Å²) in [6.07, 6.45) is 3.27. The molecule has 1 aromatic rings. The van der Waals surface area contributed by atoms with Gasteiger partial charge >= 0.3 is 0 Å². The molecule has 0 saturated carbocycles. The monoisotopic (exact) mass is 306 g/mol. The third kappa shape index (κ3) is 4.51. The van der Waals surface area contributed by atoms with Crippen LogP contribution in [0.4, 0.5) is 0 Å². The Morgan fingerprint density at radius 3 is 2.32 bits per heavy atom. The molecule has 0 radical (unpaired) electrons.